The molecule has 2 aliphatic rings. The maximum atomic E-state index is 5.15. The van der Waals surface area contributed by atoms with Crippen LogP contribution in [0.2, 0.25) is 0 Å². The van der Waals surface area contributed by atoms with Gasteiger partial charge in [-0.05, 0) is 0 Å². The summed E-state index contributed by atoms with van der Waals surface area (Å²) in [5, 5.41) is 5.39. The molecule has 4 aromatic rings. The van der Waals surface area contributed by atoms with Crippen LogP contribution in [0.15, 0.2) is 72.8 Å². The topological polar surface area (TPSA) is 0 Å². The molecule has 0 unspecified atom stereocenters. The summed E-state index contributed by atoms with van der Waals surface area (Å²) in [6.45, 7) is 7.29. The maximum absolute atomic E-state index is 5.15. The summed E-state index contributed by atoms with van der Waals surface area (Å²) in [5.74, 6) is 0. The Bertz CT molecular complexity index is 942. The minimum atomic E-state index is -1.79. The second-order valence-corrected chi connectivity index (χ2v) is 23.0. The van der Waals surface area contributed by atoms with Crippen molar-refractivity contribution >= 4 is 45.4 Å². The van der Waals surface area contributed by atoms with Crippen molar-refractivity contribution in [2.75, 3.05) is 0 Å². The number of halogens is 2. The van der Waals surface area contributed by atoms with Crippen molar-refractivity contribution in [2.45, 2.75) is 78.1 Å². The predicted molar refractivity (Wildman–Crippen MR) is 161 cm³/mol. The second-order valence-electron chi connectivity index (χ2n) is 9.44. The average Bonchev–Trinajstić information content (AvgIpc) is 3.47. The van der Waals surface area contributed by atoms with Crippen LogP contribution in [0.25, 0.3) is 21.5 Å². The van der Waals surface area contributed by atoms with Gasteiger partial charge in [0.15, 0.2) is 0 Å². The fraction of sp³-hybridized carbons (Fsp3) is 0.375. The van der Waals surface area contributed by atoms with Crippen LogP contribution in [0.4, 0.5) is 0 Å². The van der Waals surface area contributed by atoms with Crippen LogP contribution in [0.3, 0.4) is 0 Å². The third-order valence-electron chi connectivity index (χ3n) is 6.16. The van der Waals surface area contributed by atoms with E-state index in [1.807, 2.05) is 0 Å². The summed E-state index contributed by atoms with van der Waals surface area (Å²) in [6, 6.07) is 25.7. The van der Waals surface area contributed by atoms with E-state index in [4.69, 9.17) is 17.0 Å². The zero-order valence-electron chi connectivity index (χ0n) is 21.9. The quantitative estimate of drug-likeness (QED) is 0.137. The standard InChI is InChI=1S/2C10H9.2C6H11.2ClH.Si.Zr/c2*1-8-6-9-4-2-3-5-10(9)7-8;2*1-2-4-6-5-3-1;;;;/h2*2-7H,1H3;2*1H,2-6H2;2*1H;;/q4*-1;;;;+2/p-2. The number of aryl methyl sites for hydroxylation is 2. The van der Waals surface area contributed by atoms with E-state index in [1.54, 1.807) is 0 Å². The van der Waals surface area contributed by atoms with Crippen molar-refractivity contribution < 1.29 is 18.0 Å². The van der Waals surface area contributed by atoms with Gasteiger partial charge in [0.2, 0.25) is 0 Å². The van der Waals surface area contributed by atoms with Gasteiger partial charge in [-0.25, -0.2) is 0 Å². The molecule has 0 nitrogen and oxygen atoms in total. The molecule has 36 heavy (non-hydrogen) atoms. The average molecular weight is 615 g/mol. The molecular weight excluding hydrogens is 575 g/mol. The van der Waals surface area contributed by atoms with Gasteiger partial charge in [-0.15, -0.1) is 81.2 Å². The number of hydrogen-bond acceptors (Lipinski definition) is 0. The molecule has 0 aliphatic heterocycles. The van der Waals surface area contributed by atoms with Crippen molar-refractivity contribution in [2.24, 2.45) is 0 Å². The molecule has 194 valence electrons. The van der Waals surface area contributed by atoms with Crippen molar-refractivity contribution in [3.8, 4) is 0 Å². The van der Waals surface area contributed by atoms with Crippen LogP contribution in [-0.4, -0.2) is 6.88 Å². The van der Waals surface area contributed by atoms with E-state index in [0.717, 1.165) is 0 Å². The Morgan fingerprint density at radius 3 is 1.19 bits per heavy atom. The fourth-order valence-electron chi connectivity index (χ4n) is 4.41. The minimum absolute atomic E-state index is 1.35. The Hall–Kier alpha value is -0.660. The van der Waals surface area contributed by atoms with Crippen LogP contribution in [-0.2, 0) is 18.0 Å². The zero-order chi connectivity index (χ0) is 26.0. The molecular formula is C32H40Cl2SiZr-4. The Balaban J connectivity index is 0.000000165. The first-order valence-corrected chi connectivity index (χ1v) is 23.7. The van der Waals surface area contributed by atoms with E-state index in [1.165, 1.54) is 96.9 Å². The summed E-state index contributed by atoms with van der Waals surface area (Å²) in [5.41, 5.74) is 2.70. The molecule has 0 saturated heterocycles. The number of rotatable bonds is 0. The van der Waals surface area contributed by atoms with Gasteiger partial charge < -0.3 is 12.8 Å². The first-order valence-electron chi connectivity index (χ1n) is 13.2. The molecule has 0 aromatic heterocycles. The van der Waals surface area contributed by atoms with Crippen LogP contribution in [0, 0.1) is 26.7 Å². The fourth-order valence-corrected chi connectivity index (χ4v) is 4.41. The van der Waals surface area contributed by atoms with Crippen molar-refractivity contribution in [3.63, 3.8) is 0 Å². The molecule has 2 fully saturated rings. The van der Waals surface area contributed by atoms with Gasteiger partial charge in [0, 0.05) is 0 Å². The molecule has 0 atom stereocenters. The van der Waals surface area contributed by atoms with Gasteiger partial charge >= 0.3 is 41.9 Å². The van der Waals surface area contributed by atoms with Gasteiger partial charge in [0.1, 0.15) is 0 Å². The summed E-state index contributed by atoms with van der Waals surface area (Å²) < 4.78 is 0. The molecule has 2 radical (unpaired) electrons. The van der Waals surface area contributed by atoms with Crippen LogP contribution in [0.5, 0.6) is 0 Å². The molecule has 0 heterocycles. The van der Waals surface area contributed by atoms with Crippen LogP contribution in [0.1, 0.15) is 75.3 Å². The van der Waals surface area contributed by atoms with Gasteiger partial charge in [0.25, 0.3) is 0 Å². The van der Waals surface area contributed by atoms with E-state index in [-0.39, 0.29) is 0 Å². The molecule has 4 heteroatoms. The SMILES string of the molecule is Cc1cc2ccccc2[cH-]1.Cc1cc2ccccc2[cH-]1.[CH-]1CCCCC1.[CH-]1CCCCC1.[Si]=[Zr]([Cl])[Cl]. The van der Waals surface area contributed by atoms with E-state index < -0.39 is 18.0 Å². The summed E-state index contributed by atoms with van der Waals surface area (Å²) >= 11 is -1.79. The summed E-state index contributed by atoms with van der Waals surface area (Å²) in [4.78, 5) is 0. The summed E-state index contributed by atoms with van der Waals surface area (Å²) in [7, 11) is 10.3. The molecule has 0 amide bonds. The van der Waals surface area contributed by atoms with Gasteiger partial charge in [-0.3, -0.25) is 0 Å². The number of benzene rings is 2. The molecule has 2 saturated carbocycles. The van der Waals surface area contributed by atoms with E-state index in [9.17, 15) is 0 Å². The predicted octanol–water partition coefficient (Wildman–Crippen LogP) is 11.0. The Labute approximate surface area is 236 Å². The van der Waals surface area contributed by atoms with Crippen LogP contribution >= 0.6 is 17.0 Å². The monoisotopic (exact) mass is 612 g/mol. The molecule has 6 rings (SSSR count). The normalized spacial score (nSPS) is 14.6. The number of fused-ring (bicyclic) bond motifs is 2. The van der Waals surface area contributed by atoms with Gasteiger partial charge in [-0.2, -0.15) is 37.8 Å². The Morgan fingerprint density at radius 1 is 0.611 bits per heavy atom. The molecule has 0 spiro atoms. The Kier molecular flexibility index (Phi) is 17.0. The Morgan fingerprint density at radius 2 is 0.944 bits per heavy atom. The third kappa shape index (κ3) is 14.3. The van der Waals surface area contributed by atoms with Crippen molar-refractivity contribution in [1.82, 2.24) is 0 Å². The molecule has 0 bridgehead atoms. The second kappa shape index (κ2) is 19.4. The van der Waals surface area contributed by atoms with E-state index >= 15 is 0 Å². The zero-order valence-corrected chi connectivity index (χ0v) is 26.9. The van der Waals surface area contributed by atoms with Crippen molar-refractivity contribution in [3.05, 3.63) is 96.8 Å². The first kappa shape index (κ1) is 31.6. The van der Waals surface area contributed by atoms with E-state index in [2.05, 4.69) is 106 Å². The van der Waals surface area contributed by atoms with Gasteiger partial charge in [-0.1, -0.05) is 64.5 Å². The molecule has 2 aliphatic carbocycles. The molecule has 0 N–H and O–H groups in total. The first-order chi connectivity index (χ1) is 17.5. The molecule has 4 aromatic carbocycles. The number of hydrogen-bond donors (Lipinski definition) is 0. The third-order valence-corrected chi connectivity index (χ3v) is 6.16. The summed E-state index contributed by atoms with van der Waals surface area (Å²) in [6.07, 6.45) is 19.0. The van der Waals surface area contributed by atoms with Crippen molar-refractivity contribution in [1.29, 1.82) is 0 Å². The van der Waals surface area contributed by atoms with Gasteiger partial charge in [0.05, 0.1) is 0 Å². The van der Waals surface area contributed by atoms with E-state index in [0.29, 0.717) is 0 Å². The van der Waals surface area contributed by atoms with Crippen LogP contribution < -0.4 is 0 Å².